The molecule has 6 heteroatoms. The smallest absolute Gasteiger partial charge is 0.135 e. The van der Waals surface area contributed by atoms with Crippen LogP contribution in [-0.4, -0.2) is 27.5 Å². The second-order valence-electron chi connectivity index (χ2n) is 4.30. The minimum atomic E-state index is 0.449. The molecule has 0 aromatic heterocycles. The Kier molecular flexibility index (Phi) is 5.52. The number of nitrogens with zero attached hydrogens (tertiary/aromatic N) is 1. The van der Waals surface area contributed by atoms with E-state index in [0.29, 0.717) is 38.5 Å². The zero-order valence-electron chi connectivity index (χ0n) is 12.4. The molecule has 0 fully saturated rings. The summed E-state index contributed by atoms with van der Waals surface area (Å²) in [6.07, 6.45) is 1.65. The van der Waals surface area contributed by atoms with Gasteiger partial charge < -0.3 is 14.2 Å². The first-order valence-corrected chi connectivity index (χ1v) is 7.13. The summed E-state index contributed by atoms with van der Waals surface area (Å²) >= 11 is 11.9. The van der Waals surface area contributed by atoms with E-state index in [2.05, 4.69) is 4.99 Å². The number of halogens is 2. The van der Waals surface area contributed by atoms with Crippen molar-refractivity contribution in [2.24, 2.45) is 4.99 Å². The minimum absolute atomic E-state index is 0.449. The molecular formula is C16H15Cl2NO3. The summed E-state index contributed by atoms with van der Waals surface area (Å²) in [5.41, 5.74) is 1.38. The molecule has 0 saturated carbocycles. The highest BCUT2D eigenvalue weighted by molar-refractivity contribution is 6.42. The van der Waals surface area contributed by atoms with Gasteiger partial charge in [0, 0.05) is 18.3 Å². The largest absolute Gasteiger partial charge is 0.496 e. The van der Waals surface area contributed by atoms with Crippen molar-refractivity contribution in [3.8, 4) is 17.2 Å². The van der Waals surface area contributed by atoms with Crippen molar-refractivity contribution in [1.29, 1.82) is 0 Å². The molecule has 0 atom stereocenters. The second-order valence-corrected chi connectivity index (χ2v) is 5.12. The molecule has 2 rings (SSSR count). The van der Waals surface area contributed by atoms with Crippen LogP contribution in [0, 0.1) is 0 Å². The fourth-order valence-corrected chi connectivity index (χ4v) is 2.16. The zero-order valence-corrected chi connectivity index (χ0v) is 13.9. The van der Waals surface area contributed by atoms with Gasteiger partial charge in [-0.05, 0) is 18.2 Å². The summed E-state index contributed by atoms with van der Waals surface area (Å²) in [5.74, 6) is 1.83. The number of aliphatic imine (C=N–C) groups is 1. The first kappa shape index (κ1) is 16.5. The maximum Gasteiger partial charge on any atom is 0.135 e. The summed E-state index contributed by atoms with van der Waals surface area (Å²) in [7, 11) is 4.73. The topological polar surface area (TPSA) is 40.0 Å². The number of benzene rings is 2. The summed E-state index contributed by atoms with van der Waals surface area (Å²) in [6.45, 7) is 0. The Morgan fingerprint density at radius 1 is 0.864 bits per heavy atom. The van der Waals surface area contributed by atoms with Gasteiger partial charge in [0.05, 0.1) is 42.6 Å². The van der Waals surface area contributed by atoms with E-state index in [1.54, 1.807) is 57.9 Å². The van der Waals surface area contributed by atoms with Crippen LogP contribution in [0.25, 0.3) is 0 Å². The summed E-state index contributed by atoms with van der Waals surface area (Å²) in [4.78, 5) is 4.38. The van der Waals surface area contributed by atoms with E-state index in [4.69, 9.17) is 37.4 Å². The molecule has 0 aliphatic heterocycles. The van der Waals surface area contributed by atoms with Gasteiger partial charge in [0.15, 0.2) is 0 Å². The highest BCUT2D eigenvalue weighted by atomic mass is 35.5. The van der Waals surface area contributed by atoms with Crippen molar-refractivity contribution < 1.29 is 14.2 Å². The van der Waals surface area contributed by atoms with Crippen LogP contribution in [0.5, 0.6) is 17.2 Å². The summed E-state index contributed by atoms with van der Waals surface area (Å²) < 4.78 is 15.9. The monoisotopic (exact) mass is 339 g/mol. The highest BCUT2D eigenvalue weighted by Gasteiger charge is 2.11. The molecule has 116 valence electrons. The molecule has 0 amide bonds. The molecule has 0 unspecified atom stereocenters. The van der Waals surface area contributed by atoms with Crippen molar-refractivity contribution >= 4 is 35.1 Å². The Labute approximate surface area is 139 Å². The van der Waals surface area contributed by atoms with Gasteiger partial charge in [-0.1, -0.05) is 23.2 Å². The van der Waals surface area contributed by atoms with E-state index >= 15 is 0 Å². The third-order valence-corrected chi connectivity index (χ3v) is 3.74. The van der Waals surface area contributed by atoms with Gasteiger partial charge in [-0.3, -0.25) is 4.99 Å². The van der Waals surface area contributed by atoms with Gasteiger partial charge in [-0.2, -0.15) is 0 Å². The van der Waals surface area contributed by atoms with Gasteiger partial charge in [-0.15, -0.1) is 0 Å². The van der Waals surface area contributed by atoms with Crippen LogP contribution in [0.2, 0.25) is 10.0 Å². The molecule has 0 spiro atoms. The van der Waals surface area contributed by atoms with Crippen LogP contribution in [0.1, 0.15) is 5.56 Å². The number of ether oxygens (including phenoxy) is 3. The third-order valence-electron chi connectivity index (χ3n) is 3.00. The Morgan fingerprint density at radius 3 is 2.00 bits per heavy atom. The fraction of sp³-hybridized carbons (Fsp3) is 0.188. The number of methoxy groups -OCH3 is 3. The molecule has 0 saturated heterocycles. The van der Waals surface area contributed by atoms with Crippen LogP contribution in [0.15, 0.2) is 35.3 Å². The van der Waals surface area contributed by atoms with Gasteiger partial charge in [-0.25, -0.2) is 0 Å². The lowest BCUT2D eigenvalue weighted by Crippen LogP contribution is -1.97. The van der Waals surface area contributed by atoms with Gasteiger partial charge in [0.2, 0.25) is 0 Å². The maximum absolute atomic E-state index is 5.98. The average Bonchev–Trinajstić information content (AvgIpc) is 2.55. The van der Waals surface area contributed by atoms with E-state index in [0.717, 1.165) is 0 Å². The lowest BCUT2D eigenvalue weighted by atomic mass is 10.1. The quantitative estimate of drug-likeness (QED) is 0.736. The van der Waals surface area contributed by atoms with Crippen LogP contribution in [0.4, 0.5) is 5.69 Å². The van der Waals surface area contributed by atoms with Gasteiger partial charge in [0.1, 0.15) is 17.2 Å². The van der Waals surface area contributed by atoms with Crippen LogP contribution in [0.3, 0.4) is 0 Å². The van der Waals surface area contributed by atoms with Crippen molar-refractivity contribution in [1.82, 2.24) is 0 Å². The Morgan fingerprint density at radius 2 is 1.50 bits per heavy atom. The third kappa shape index (κ3) is 3.64. The molecule has 0 aliphatic carbocycles. The number of rotatable bonds is 5. The first-order valence-electron chi connectivity index (χ1n) is 6.38. The summed E-state index contributed by atoms with van der Waals surface area (Å²) in [5, 5.41) is 0.935. The standard InChI is InChI=1S/C16H15Cl2NO3/c1-20-11-7-15(21-2)12(16(8-11)22-3)9-19-10-4-5-13(17)14(18)6-10/h4-9H,1-3H3. The molecule has 0 radical (unpaired) electrons. The van der Waals surface area contributed by atoms with E-state index in [9.17, 15) is 0 Å². The zero-order chi connectivity index (χ0) is 16.1. The minimum Gasteiger partial charge on any atom is -0.496 e. The molecular weight excluding hydrogens is 325 g/mol. The molecule has 22 heavy (non-hydrogen) atoms. The fourth-order valence-electron chi connectivity index (χ4n) is 1.86. The van der Waals surface area contributed by atoms with Crippen molar-refractivity contribution in [2.75, 3.05) is 21.3 Å². The van der Waals surface area contributed by atoms with Gasteiger partial charge in [0.25, 0.3) is 0 Å². The van der Waals surface area contributed by atoms with Crippen LogP contribution >= 0.6 is 23.2 Å². The molecule has 0 aliphatic rings. The lowest BCUT2D eigenvalue weighted by molar-refractivity contribution is 0.374. The molecule has 4 nitrogen and oxygen atoms in total. The predicted molar refractivity (Wildman–Crippen MR) is 89.8 cm³/mol. The Bertz CT molecular complexity index is 677. The normalized spacial score (nSPS) is 10.8. The van der Waals surface area contributed by atoms with Gasteiger partial charge >= 0.3 is 0 Å². The average molecular weight is 340 g/mol. The predicted octanol–water partition coefficient (Wildman–Crippen LogP) is 4.77. The van der Waals surface area contributed by atoms with E-state index in [1.165, 1.54) is 0 Å². The van der Waals surface area contributed by atoms with Crippen LogP contribution in [-0.2, 0) is 0 Å². The highest BCUT2D eigenvalue weighted by Crippen LogP contribution is 2.33. The molecule has 2 aromatic rings. The van der Waals surface area contributed by atoms with E-state index in [-0.39, 0.29) is 0 Å². The molecule has 0 N–H and O–H groups in total. The Hall–Kier alpha value is -1.91. The number of hydrogen-bond donors (Lipinski definition) is 0. The number of hydrogen-bond acceptors (Lipinski definition) is 4. The Balaban J connectivity index is 2.42. The maximum atomic E-state index is 5.98. The van der Waals surface area contributed by atoms with Crippen molar-refractivity contribution in [3.05, 3.63) is 45.9 Å². The van der Waals surface area contributed by atoms with E-state index in [1.807, 2.05) is 0 Å². The second kappa shape index (κ2) is 7.38. The lowest BCUT2D eigenvalue weighted by Gasteiger charge is -2.12. The first-order chi connectivity index (χ1) is 10.6. The molecule has 0 bridgehead atoms. The SMILES string of the molecule is COc1cc(OC)c(C=Nc2ccc(Cl)c(Cl)c2)c(OC)c1. The molecule has 2 aromatic carbocycles. The van der Waals surface area contributed by atoms with Crippen molar-refractivity contribution in [2.45, 2.75) is 0 Å². The van der Waals surface area contributed by atoms with Crippen molar-refractivity contribution in [3.63, 3.8) is 0 Å². The van der Waals surface area contributed by atoms with E-state index < -0.39 is 0 Å². The van der Waals surface area contributed by atoms with Crippen LogP contribution < -0.4 is 14.2 Å². The summed E-state index contributed by atoms with van der Waals surface area (Å²) in [6, 6.07) is 8.67. The molecule has 0 heterocycles.